The van der Waals surface area contributed by atoms with E-state index in [9.17, 15) is 23.3 Å². The molecule has 0 spiro atoms. The molecule has 0 bridgehead atoms. The van der Waals surface area contributed by atoms with Crippen molar-refractivity contribution in [3.63, 3.8) is 0 Å². The Morgan fingerprint density at radius 3 is 2.57 bits per heavy atom. The lowest BCUT2D eigenvalue weighted by atomic mass is 10.3. The summed E-state index contributed by atoms with van der Waals surface area (Å²) < 4.78 is 36.5. The third-order valence-corrected chi connectivity index (χ3v) is 1.93. The maximum atomic E-state index is 12.8. The normalized spacial score (nSPS) is 10.6. The van der Waals surface area contributed by atoms with Crippen molar-refractivity contribution in [1.29, 1.82) is 0 Å². The Morgan fingerprint density at radius 1 is 1.57 bits per heavy atom. The summed E-state index contributed by atoms with van der Waals surface area (Å²) in [4.78, 5) is 12.4. The summed E-state index contributed by atoms with van der Waals surface area (Å²) in [5.41, 5.74) is -1.80. The summed E-state index contributed by atoms with van der Waals surface area (Å²) in [6.07, 6.45) is -3.10. The maximum Gasteiger partial charge on any atom is 0.304 e. The van der Waals surface area contributed by atoms with Gasteiger partial charge in [0.2, 0.25) is 0 Å². The zero-order valence-corrected chi connectivity index (χ0v) is 7.96. The number of hydrogen-bond acceptors (Lipinski definition) is 3. The number of alkyl halides is 2. The van der Waals surface area contributed by atoms with E-state index in [1.165, 1.54) is 0 Å². The third-order valence-electron chi connectivity index (χ3n) is 1.34. The molecule has 1 heterocycles. The van der Waals surface area contributed by atoms with Crippen molar-refractivity contribution >= 4 is 21.6 Å². The standard InChI is InChI=1S/C6H2BrF3N2O2/c7-5-3(12(13)14)1-2(8)4(11-5)6(9)10/h1,6H. The van der Waals surface area contributed by atoms with Crippen LogP contribution >= 0.6 is 15.9 Å². The molecule has 0 fully saturated rings. The average Bonchev–Trinajstić information content (AvgIpc) is 2.07. The lowest BCUT2D eigenvalue weighted by molar-refractivity contribution is -0.386. The Balaban J connectivity index is 3.31. The van der Waals surface area contributed by atoms with E-state index in [1.807, 2.05) is 0 Å². The first-order valence-electron chi connectivity index (χ1n) is 3.22. The molecule has 0 saturated heterocycles. The summed E-state index contributed by atoms with van der Waals surface area (Å²) in [5.74, 6) is -1.39. The van der Waals surface area contributed by atoms with Crippen LogP contribution in [0.4, 0.5) is 18.9 Å². The molecule has 0 saturated carbocycles. The second-order valence-electron chi connectivity index (χ2n) is 2.22. The largest absolute Gasteiger partial charge is 0.304 e. The first-order valence-corrected chi connectivity index (χ1v) is 4.01. The summed E-state index contributed by atoms with van der Waals surface area (Å²) >= 11 is 2.60. The van der Waals surface area contributed by atoms with Crippen LogP contribution in [0.3, 0.4) is 0 Å². The van der Waals surface area contributed by atoms with Crippen LogP contribution in [0.25, 0.3) is 0 Å². The quantitative estimate of drug-likeness (QED) is 0.472. The van der Waals surface area contributed by atoms with Crippen molar-refractivity contribution in [2.75, 3.05) is 0 Å². The highest BCUT2D eigenvalue weighted by Gasteiger charge is 2.22. The molecule has 76 valence electrons. The van der Waals surface area contributed by atoms with Gasteiger partial charge < -0.3 is 0 Å². The van der Waals surface area contributed by atoms with Crippen molar-refractivity contribution in [3.8, 4) is 0 Å². The predicted octanol–water partition coefficient (Wildman–Crippen LogP) is 2.83. The molecule has 1 aromatic heterocycles. The Morgan fingerprint density at radius 2 is 2.14 bits per heavy atom. The number of pyridine rings is 1. The van der Waals surface area contributed by atoms with Crippen LogP contribution in [0.1, 0.15) is 12.1 Å². The molecule has 0 aromatic carbocycles. The highest BCUT2D eigenvalue weighted by molar-refractivity contribution is 9.10. The first kappa shape index (κ1) is 10.9. The fraction of sp³-hybridized carbons (Fsp3) is 0.167. The molecule has 0 N–H and O–H groups in total. The smallest absolute Gasteiger partial charge is 0.258 e. The van der Waals surface area contributed by atoms with Gasteiger partial charge in [0.1, 0.15) is 5.69 Å². The van der Waals surface area contributed by atoms with E-state index in [2.05, 4.69) is 20.9 Å². The Labute approximate surface area is 84.0 Å². The summed E-state index contributed by atoms with van der Waals surface area (Å²) in [6, 6.07) is 0.401. The van der Waals surface area contributed by atoms with Gasteiger partial charge in [-0.15, -0.1) is 0 Å². The Hall–Kier alpha value is -1.18. The zero-order chi connectivity index (χ0) is 10.9. The van der Waals surface area contributed by atoms with E-state index in [0.29, 0.717) is 6.07 Å². The van der Waals surface area contributed by atoms with Crippen LogP contribution < -0.4 is 0 Å². The van der Waals surface area contributed by atoms with E-state index in [0.717, 1.165) is 0 Å². The fourth-order valence-electron chi connectivity index (χ4n) is 0.751. The fourth-order valence-corrected chi connectivity index (χ4v) is 1.20. The first-order chi connectivity index (χ1) is 6.43. The van der Waals surface area contributed by atoms with E-state index < -0.39 is 33.2 Å². The molecule has 0 aliphatic rings. The molecule has 14 heavy (non-hydrogen) atoms. The molecule has 0 aliphatic heterocycles. The van der Waals surface area contributed by atoms with Crippen LogP contribution in [-0.2, 0) is 0 Å². The molecule has 0 unspecified atom stereocenters. The number of hydrogen-bond donors (Lipinski definition) is 0. The molecule has 0 aliphatic carbocycles. The van der Waals surface area contributed by atoms with E-state index >= 15 is 0 Å². The van der Waals surface area contributed by atoms with Gasteiger partial charge in [0, 0.05) is 0 Å². The SMILES string of the molecule is O=[N+]([O-])c1cc(F)c(C(F)F)nc1Br. The van der Waals surface area contributed by atoms with Crippen molar-refractivity contribution in [1.82, 2.24) is 4.98 Å². The number of halogens is 4. The van der Waals surface area contributed by atoms with Gasteiger partial charge >= 0.3 is 5.69 Å². The Kier molecular flexibility index (Phi) is 3.04. The topological polar surface area (TPSA) is 56.0 Å². The number of aromatic nitrogens is 1. The Bertz CT molecular complexity index is 386. The highest BCUT2D eigenvalue weighted by Crippen LogP contribution is 2.28. The minimum Gasteiger partial charge on any atom is -0.258 e. The van der Waals surface area contributed by atoms with Crippen molar-refractivity contribution in [3.05, 3.63) is 32.3 Å². The third kappa shape index (κ3) is 2.00. The maximum absolute atomic E-state index is 12.8. The summed E-state index contributed by atoms with van der Waals surface area (Å²) in [5, 5.41) is 10.2. The zero-order valence-electron chi connectivity index (χ0n) is 6.38. The minimum atomic E-state index is -3.10. The van der Waals surface area contributed by atoms with Crippen molar-refractivity contribution in [2.24, 2.45) is 0 Å². The van der Waals surface area contributed by atoms with Crippen molar-refractivity contribution < 1.29 is 18.1 Å². The van der Waals surface area contributed by atoms with Gasteiger partial charge in [-0.3, -0.25) is 10.1 Å². The van der Waals surface area contributed by atoms with Crippen LogP contribution in [-0.4, -0.2) is 9.91 Å². The predicted molar refractivity (Wildman–Crippen MR) is 43.5 cm³/mol. The monoisotopic (exact) mass is 270 g/mol. The van der Waals surface area contributed by atoms with Crippen LogP contribution in [0.5, 0.6) is 0 Å². The molecule has 0 amide bonds. The van der Waals surface area contributed by atoms with Gasteiger partial charge in [-0.05, 0) is 15.9 Å². The van der Waals surface area contributed by atoms with Crippen LogP contribution in [0.2, 0.25) is 0 Å². The lowest BCUT2D eigenvalue weighted by Crippen LogP contribution is -2.00. The molecule has 8 heteroatoms. The van der Waals surface area contributed by atoms with E-state index in [4.69, 9.17) is 0 Å². The number of nitro groups is 1. The molecule has 1 aromatic rings. The van der Waals surface area contributed by atoms with Gasteiger partial charge in [0.05, 0.1) is 11.0 Å². The van der Waals surface area contributed by atoms with Crippen LogP contribution in [0.15, 0.2) is 10.7 Å². The average molecular weight is 271 g/mol. The minimum absolute atomic E-state index is 0.401. The molecule has 1 rings (SSSR count). The van der Waals surface area contributed by atoms with E-state index in [1.54, 1.807) is 0 Å². The van der Waals surface area contributed by atoms with Gasteiger partial charge in [-0.2, -0.15) is 0 Å². The molecule has 4 nitrogen and oxygen atoms in total. The molecular formula is C6H2BrF3N2O2. The van der Waals surface area contributed by atoms with E-state index in [-0.39, 0.29) is 0 Å². The molecule has 0 radical (unpaired) electrons. The molecule has 0 atom stereocenters. The van der Waals surface area contributed by atoms with Gasteiger partial charge in [0.25, 0.3) is 6.43 Å². The van der Waals surface area contributed by atoms with Gasteiger partial charge in [-0.1, -0.05) is 0 Å². The highest BCUT2D eigenvalue weighted by atomic mass is 79.9. The molecular weight excluding hydrogens is 269 g/mol. The van der Waals surface area contributed by atoms with Crippen molar-refractivity contribution in [2.45, 2.75) is 6.43 Å². The number of nitrogens with zero attached hydrogens (tertiary/aromatic N) is 2. The second kappa shape index (κ2) is 3.91. The second-order valence-corrected chi connectivity index (χ2v) is 2.97. The van der Waals surface area contributed by atoms with Crippen LogP contribution in [0, 0.1) is 15.9 Å². The lowest BCUT2D eigenvalue weighted by Gasteiger charge is -2.01. The summed E-state index contributed by atoms with van der Waals surface area (Å²) in [7, 11) is 0. The number of rotatable bonds is 2. The summed E-state index contributed by atoms with van der Waals surface area (Å²) in [6.45, 7) is 0. The van der Waals surface area contributed by atoms with Gasteiger partial charge in [0.15, 0.2) is 10.4 Å². The van der Waals surface area contributed by atoms with Gasteiger partial charge in [-0.25, -0.2) is 18.2 Å².